The van der Waals surface area contributed by atoms with Crippen LogP contribution in [0, 0.1) is 30.9 Å². The third-order valence-electron chi connectivity index (χ3n) is 4.68. The summed E-state index contributed by atoms with van der Waals surface area (Å²) in [4.78, 5) is 34.8. The number of hydrogen-bond acceptors (Lipinski definition) is 7. The van der Waals surface area contributed by atoms with E-state index in [0.717, 1.165) is 5.56 Å². The van der Waals surface area contributed by atoms with Crippen molar-refractivity contribution < 1.29 is 19.2 Å². The van der Waals surface area contributed by atoms with Crippen LogP contribution >= 0.6 is 0 Å². The lowest BCUT2D eigenvalue weighted by molar-refractivity contribution is -0.386. The Balaban J connectivity index is 1.55. The van der Waals surface area contributed by atoms with Gasteiger partial charge in [-0.1, -0.05) is 18.2 Å². The highest BCUT2D eigenvalue weighted by atomic mass is 16.6. The maximum absolute atomic E-state index is 12.3. The van der Waals surface area contributed by atoms with Gasteiger partial charge in [0.25, 0.3) is 5.91 Å². The van der Waals surface area contributed by atoms with Gasteiger partial charge in [0.2, 0.25) is 0 Å². The maximum atomic E-state index is 12.3. The van der Waals surface area contributed by atoms with Gasteiger partial charge in [-0.3, -0.25) is 19.6 Å². The van der Waals surface area contributed by atoms with Crippen molar-refractivity contribution in [2.24, 2.45) is 5.10 Å². The van der Waals surface area contributed by atoms with Crippen molar-refractivity contribution in [2.45, 2.75) is 27.3 Å². The molecule has 1 aromatic heterocycles. The molecule has 3 rings (SSSR count). The van der Waals surface area contributed by atoms with E-state index in [1.807, 2.05) is 19.1 Å². The van der Waals surface area contributed by atoms with Crippen molar-refractivity contribution in [1.29, 1.82) is 0 Å². The van der Waals surface area contributed by atoms with Crippen LogP contribution in [-0.4, -0.2) is 32.8 Å². The third-order valence-corrected chi connectivity index (χ3v) is 4.68. The topological polar surface area (TPSA) is 129 Å². The predicted octanol–water partition coefficient (Wildman–Crippen LogP) is 3.09. The molecule has 0 bridgehead atoms. The molecule has 3 aromatic rings. The molecule has 0 spiro atoms. The fourth-order valence-electron chi connectivity index (χ4n) is 3.04. The molecule has 0 aliphatic rings. The van der Waals surface area contributed by atoms with Crippen LogP contribution in [0.5, 0.6) is 5.75 Å². The van der Waals surface area contributed by atoms with E-state index in [1.54, 1.807) is 36.4 Å². The number of aryl methyl sites for hydroxylation is 2. The number of esters is 1. The summed E-state index contributed by atoms with van der Waals surface area (Å²) in [6.07, 6.45) is 1.43. The molecule has 0 aliphatic carbocycles. The molecule has 0 fully saturated rings. The number of nitro groups is 1. The average molecular weight is 435 g/mol. The Labute approximate surface area is 183 Å². The number of aromatic nitrogens is 2. The first kappa shape index (κ1) is 22.3. The summed E-state index contributed by atoms with van der Waals surface area (Å²) in [5.74, 6) is -0.544. The van der Waals surface area contributed by atoms with Gasteiger partial charge in [-0.2, -0.15) is 10.2 Å². The summed E-state index contributed by atoms with van der Waals surface area (Å²) < 4.78 is 6.63. The number of benzene rings is 2. The highest BCUT2D eigenvalue weighted by Crippen LogP contribution is 2.21. The van der Waals surface area contributed by atoms with Crippen molar-refractivity contribution in [3.63, 3.8) is 0 Å². The van der Waals surface area contributed by atoms with E-state index >= 15 is 0 Å². The minimum absolute atomic E-state index is 0.107. The van der Waals surface area contributed by atoms with Crippen LogP contribution in [0.15, 0.2) is 53.6 Å². The van der Waals surface area contributed by atoms with Crippen molar-refractivity contribution in [3.05, 3.63) is 86.7 Å². The molecule has 0 radical (unpaired) electrons. The average Bonchev–Trinajstić information content (AvgIpc) is 3.02. The molecule has 1 amide bonds. The summed E-state index contributed by atoms with van der Waals surface area (Å²) in [5.41, 5.74) is 4.77. The lowest BCUT2D eigenvalue weighted by Gasteiger charge is -2.06. The van der Waals surface area contributed by atoms with E-state index in [0.29, 0.717) is 22.6 Å². The SMILES string of the molecule is Cc1ccccc1C(=O)Oc1ccc(/C=N/NC(=O)Cn2nc(C)c([N+](=O)[O-])c2C)cc1. The van der Waals surface area contributed by atoms with Gasteiger partial charge in [0.1, 0.15) is 23.7 Å². The van der Waals surface area contributed by atoms with E-state index in [9.17, 15) is 19.7 Å². The first-order valence-corrected chi connectivity index (χ1v) is 9.64. The molecule has 2 aromatic carbocycles. The van der Waals surface area contributed by atoms with Crippen LogP contribution in [0.1, 0.15) is 32.9 Å². The standard InChI is InChI=1S/C22H21N5O5/c1-14-6-4-5-7-19(14)22(29)32-18-10-8-17(9-11-18)12-23-24-20(28)13-26-16(3)21(27(30)31)15(2)25-26/h4-12H,13H2,1-3H3,(H,24,28)/b23-12+. The Morgan fingerprint density at radius 2 is 1.84 bits per heavy atom. The molecule has 0 aliphatic heterocycles. The summed E-state index contributed by atoms with van der Waals surface area (Å²) in [6, 6.07) is 13.8. The number of carbonyl (C=O) groups is 2. The number of nitrogens with one attached hydrogen (secondary N) is 1. The zero-order valence-corrected chi connectivity index (χ0v) is 17.7. The first-order chi connectivity index (χ1) is 15.3. The van der Waals surface area contributed by atoms with Gasteiger partial charge in [0.05, 0.1) is 16.7 Å². The highest BCUT2D eigenvalue weighted by Gasteiger charge is 2.22. The molecular formula is C22H21N5O5. The van der Waals surface area contributed by atoms with Crippen molar-refractivity contribution >= 4 is 23.8 Å². The number of carbonyl (C=O) groups excluding carboxylic acids is 2. The summed E-state index contributed by atoms with van der Waals surface area (Å²) in [5, 5.41) is 18.9. The molecule has 32 heavy (non-hydrogen) atoms. The van der Waals surface area contributed by atoms with E-state index in [2.05, 4.69) is 15.6 Å². The first-order valence-electron chi connectivity index (χ1n) is 9.64. The molecule has 0 saturated heterocycles. The lowest BCUT2D eigenvalue weighted by Crippen LogP contribution is -2.24. The second kappa shape index (κ2) is 9.65. The summed E-state index contributed by atoms with van der Waals surface area (Å²) >= 11 is 0. The Morgan fingerprint density at radius 1 is 1.16 bits per heavy atom. The van der Waals surface area contributed by atoms with E-state index in [4.69, 9.17) is 4.74 Å². The van der Waals surface area contributed by atoms with Gasteiger partial charge in [-0.15, -0.1) is 0 Å². The fraction of sp³-hybridized carbons (Fsp3) is 0.182. The van der Waals surface area contributed by atoms with Crippen molar-refractivity contribution in [2.75, 3.05) is 0 Å². The second-order valence-corrected chi connectivity index (χ2v) is 7.00. The monoisotopic (exact) mass is 435 g/mol. The number of hydrogen-bond donors (Lipinski definition) is 1. The van der Waals surface area contributed by atoms with Gasteiger partial charge >= 0.3 is 11.7 Å². The number of hydrazone groups is 1. The molecule has 0 unspecified atom stereocenters. The minimum atomic E-state index is -0.522. The molecule has 1 N–H and O–H groups in total. The number of rotatable bonds is 7. The Bertz CT molecular complexity index is 1200. The van der Waals surface area contributed by atoms with Crippen LogP contribution in [-0.2, 0) is 11.3 Å². The zero-order valence-electron chi connectivity index (χ0n) is 17.7. The molecule has 164 valence electrons. The zero-order chi connectivity index (χ0) is 23.3. The second-order valence-electron chi connectivity index (χ2n) is 7.00. The molecule has 0 atom stereocenters. The molecule has 10 nitrogen and oxygen atoms in total. The molecule has 10 heteroatoms. The number of ether oxygens (including phenoxy) is 1. The summed E-state index contributed by atoms with van der Waals surface area (Å²) in [6.45, 7) is 4.67. The van der Waals surface area contributed by atoms with Crippen molar-refractivity contribution in [3.8, 4) is 5.75 Å². The highest BCUT2D eigenvalue weighted by molar-refractivity contribution is 5.92. The van der Waals surface area contributed by atoms with Gasteiger partial charge in [-0.05, 0) is 62.2 Å². The predicted molar refractivity (Wildman–Crippen MR) is 117 cm³/mol. The summed E-state index contributed by atoms with van der Waals surface area (Å²) in [7, 11) is 0. The van der Waals surface area contributed by atoms with Crippen LogP contribution in [0.3, 0.4) is 0 Å². The maximum Gasteiger partial charge on any atom is 0.343 e. The van der Waals surface area contributed by atoms with Gasteiger partial charge in [-0.25, -0.2) is 10.2 Å². The van der Waals surface area contributed by atoms with Gasteiger partial charge in [0.15, 0.2) is 0 Å². The van der Waals surface area contributed by atoms with Crippen LogP contribution in [0.4, 0.5) is 5.69 Å². The Morgan fingerprint density at radius 3 is 2.47 bits per heavy atom. The minimum Gasteiger partial charge on any atom is -0.423 e. The number of nitrogens with zero attached hydrogens (tertiary/aromatic N) is 4. The Kier molecular flexibility index (Phi) is 6.74. The molecule has 0 saturated carbocycles. The largest absolute Gasteiger partial charge is 0.423 e. The van der Waals surface area contributed by atoms with Crippen LogP contribution < -0.4 is 10.2 Å². The van der Waals surface area contributed by atoms with E-state index in [-0.39, 0.29) is 17.9 Å². The normalized spacial score (nSPS) is 10.8. The fourth-order valence-corrected chi connectivity index (χ4v) is 3.04. The quantitative estimate of drug-likeness (QED) is 0.200. The van der Waals surface area contributed by atoms with Crippen molar-refractivity contribution in [1.82, 2.24) is 15.2 Å². The van der Waals surface area contributed by atoms with Gasteiger partial charge in [0, 0.05) is 0 Å². The van der Waals surface area contributed by atoms with Crippen LogP contribution in [0.2, 0.25) is 0 Å². The van der Waals surface area contributed by atoms with Crippen LogP contribution in [0.25, 0.3) is 0 Å². The van der Waals surface area contributed by atoms with E-state index < -0.39 is 16.8 Å². The molecule has 1 heterocycles. The van der Waals surface area contributed by atoms with E-state index in [1.165, 1.54) is 24.7 Å². The Hall–Kier alpha value is -4.34. The van der Waals surface area contributed by atoms with Gasteiger partial charge < -0.3 is 4.74 Å². The number of amides is 1. The molecular weight excluding hydrogens is 414 g/mol. The smallest absolute Gasteiger partial charge is 0.343 e. The third kappa shape index (κ3) is 5.22. The lowest BCUT2D eigenvalue weighted by atomic mass is 10.1.